The third-order valence-electron chi connectivity index (χ3n) is 23.9. The Morgan fingerprint density at radius 2 is 0.333 bits per heavy atom. The van der Waals surface area contributed by atoms with Crippen molar-refractivity contribution in [3.05, 3.63) is 214 Å². The molecule has 0 N–H and O–H groups in total. The van der Waals surface area contributed by atoms with Crippen LogP contribution in [0.5, 0.6) is 0 Å². The molecule has 96 heavy (non-hydrogen) atoms. The van der Waals surface area contributed by atoms with Crippen LogP contribution in [0, 0.1) is 0 Å². The topological polar surface area (TPSA) is 0 Å². The van der Waals surface area contributed by atoms with Gasteiger partial charge in [-0.2, -0.15) is 0 Å². The molecular formula is C96H108. The Labute approximate surface area is 575 Å². The zero-order valence-corrected chi connectivity index (χ0v) is 63.0. The van der Waals surface area contributed by atoms with Crippen LogP contribution in [0.2, 0.25) is 0 Å². The Balaban J connectivity index is 0.000000136. The molecule has 0 amide bonds. The minimum absolute atomic E-state index is 0.0830. The lowest BCUT2D eigenvalue weighted by Crippen LogP contribution is -2.18. The lowest BCUT2D eigenvalue weighted by Gasteiger charge is -2.30. The van der Waals surface area contributed by atoms with Crippen molar-refractivity contribution in [2.45, 2.75) is 235 Å². The number of benzene rings is 15. The number of hydrogen-bond acceptors (Lipinski definition) is 0. The molecule has 0 bridgehead atoms. The van der Waals surface area contributed by atoms with Gasteiger partial charge < -0.3 is 0 Å². The van der Waals surface area contributed by atoms with E-state index in [9.17, 15) is 0 Å². The zero-order valence-electron chi connectivity index (χ0n) is 63.0. The van der Waals surface area contributed by atoms with E-state index in [4.69, 9.17) is 0 Å². The highest BCUT2D eigenvalue weighted by Crippen LogP contribution is 2.51. The van der Waals surface area contributed by atoms with Crippen molar-refractivity contribution < 1.29 is 0 Å². The van der Waals surface area contributed by atoms with Crippen LogP contribution in [-0.2, 0) is 43.3 Å². The molecule has 0 fully saturated rings. The van der Waals surface area contributed by atoms with Gasteiger partial charge in [-0.05, 0) is 291 Å². The average Bonchev–Trinajstić information content (AvgIpc) is 0.679. The molecule has 0 aliphatic rings. The second-order valence-electron chi connectivity index (χ2n) is 36.0. The van der Waals surface area contributed by atoms with Gasteiger partial charge >= 0.3 is 0 Å². The summed E-state index contributed by atoms with van der Waals surface area (Å²) >= 11 is 0. The molecule has 0 heterocycles. The minimum Gasteiger partial charge on any atom is -0.0646 e. The third-order valence-corrected chi connectivity index (χ3v) is 23.9. The predicted octanol–water partition coefficient (Wildman–Crippen LogP) is 29.2. The molecule has 0 spiro atoms. The van der Waals surface area contributed by atoms with Gasteiger partial charge in [0.25, 0.3) is 0 Å². The van der Waals surface area contributed by atoms with Gasteiger partial charge in [-0.3, -0.25) is 0 Å². The normalized spacial score (nSPS) is 13.6. The molecule has 0 aliphatic heterocycles. The maximum absolute atomic E-state index is 2.55. The van der Waals surface area contributed by atoms with Crippen LogP contribution in [-0.4, -0.2) is 0 Å². The standard InChI is InChI=1S/C40H52.C36H44.C20H12/c1-13-37(5,6)27-17-25-18-28(38(7,8)14-2)23-33-34-24-30(40(11,12)16-4)20-26-19-29(39(9,10)15-3)22-32(36(26)34)31(21-27)35(25)33;1-33(2,3)23-13-21-14-24(34(4,5)6)19-29-30-20-26(36(10,11)12)16-22-15-25(35(7,8)9)18-28(32(22)30)27(17-23)31(21)29;1-5-13-6-2-11-17-18-12-4-8-14-7-3-10-16(20(14)18)15(9-1)19(13)17/h17-24H,13-16H2,1-12H3;13-20H,1-12H3;1-12H. The van der Waals surface area contributed by atoms with Crippen molar-refractivity contribution in [2.75, 3.05) is 0 Å². The summed E-state index contributed by atoms with van der Waals surface area (Å²) in [5.41, 5.74) is 12.3. The molecule has 0 aliphatic carbocycles. The lowest BCUT2D eigenvalue weighted by molar-refractivity contribution is 0.505. The maximum Gasteiger partial charge on any atom is -0.00260 e. The van der Waals surface area contributed by atoms with Crippen LogP contribution < -0.4 is 0 Å². The van der Waals surface area contributed by atoms with Gasteiger partial charge in [-0.25, -0.2) is 0 Å². The van der Waals surface area contributed by atoms with Crippen LogP contribution in [0.25, 0.3) is 129 Å². The fourth-order valence-electron chi connectivity index (χ4n) is 15.5. The van der Waals surface area contributed by atoms with E-state index in [0.29, 0.717) is 0 Å². The summed E-state index contributed by atoms with van der Waals surface area (Å²) in [5.74, 6) is 0. The van der Waals surface area contributed by atoms with E-state index in [0.717, 1.165) is 25.7 Å². The summed E-state index contributed by atoms with van der Waals surface area (Å²) in [4.78, 5) is 0. The van der Waals surface area contributed by atoms with Gasteiger partial charge in [0, 0.05) is 0 Å². The molecule has 0 saturated heterocycles. The molecule has 0 saturated carbocycles. The summed E-state index contributed by atoms with van der Waals surface area (Å²) in [6.07, 6.45) is 4.48. The second kappa shape index (κ2) is 22.9. The average molecular weight is 1260 g/mol. The summed E-state index contributed by atoms with van der Waals surface area (Å²) in [6.45, 7) is 56.6. The van der Waals surface area contributed by atoms with E-state index < -0.39 is 0 Å². The number of fused-ring (bicyclic) bond motifs is 6. The van der Waals surface area contributed by atoms with Crippen molar-refractivity contribution in [1.29, 1.82) is 0 Å². The Bertz CT molecular complexity index is 4860. The Kier molecular flexibility index (Phi) is 15.9. The maximum atomic E-state index is 2.55. The highest BCUT2D eigenvalue weighted by Gasteiger charge is 2.31. The first-order chi connectivity index (χ1) is 44.9. The van der Waals surface area contributed by atoms with Crippen LogP contribution >= 0.6 is 0 Å². The van der Waals surface area contributed by atoms with Gasteiger partial charge in [0.1, 0.15) is 0 Å². The molecule has 0 atom stereocenters. The van der Waals surface area contributed by atoms with Gasteiger partial charge in [0.15, 0.2) is 0 Å². The van der Waals surface area contributed by atoms with E-state index in [2.05, 4.69) is 336 Å². The summed E-state index contributed by atoms with van der Waals surface area (Å²) in [6, 6.07) is 66.5. The molecule has 15 rings (SSSR count). The highest BCUT2D eigenvalue weighted by molar-refractivity contribution is 6.36. The minimum atomic E-state index is 0.0830. The van der Waals surface area contributed by atoms with E-state index >= 15 is 0 Å². The van der Waals surface area contributed by atoms with E-state index in [1.807, 2.05) is 0 Å². The lowest BCUT2D eigenvalue weighted by atomic mass is 9.74. The van der Waals surface area contributed by atoms with E-state index in [-0.39, 0.29) is 43.3 Å². The summed E-state index contributed by atoms with van der Waals surface area (Å²) in [7, 11) is 0. The van der Waals surface area contributed by atoms with Crippen LogP contribution in [0.15, 0.2) is 170 Å². The largest absolute Gasteiger partial charge is 0.0646 e. The zero-order chi connectivity index (χ0) is 69.1. The fraction of sp³-hybridized carbons (Fsp3) is 0.375. The highest BCUT2D eigenvalue weighted by atomic mass is 14.3. The van der Waals surface area contributed by atoms with Gasteiger partial charge in [0.05, 0.1) is 0 Å². The SMILES string of the molecule is CC(C)(C)c1cc2cc(C(C)(C)C)cc3c4cc(C(C)(C)C)cc5cc(C(C)(C)C)cc(c(c1)c23)c54.CCC(C)(C)c1cc2cc(C(C)(C)CC)cc3c4cc(C(C)(C)CC)cc5cc(C(C)(C)CC)cc(c(c1)c23)c54.c1cc2cccc3c4cccc5cccc(c(c1)c23)c54. The predicted molar refractivity (Wildman–Crippen MR) is 431 cm³/mol. The Morgan fingerprint density at radius 3 is 0.500 bits per heavy atom. The molecular weight excluding hydrogens is 1150 g/mol. The smallest absolute Gasteiger partial charge is 0.00260 e. The molecule has 15 aromatic carbocycles. The van der Waals surface area contributed by atoms with Crippen molar-refractivity contribution in [1.82, 2.24) is 0 Å². The van der Waals surface area contributed by atoms with Crippen molar-refractivity contribution in [3.63, 3.8) is 0 Å². The number of hydrogen-bond donors (Lipinski definition) is 0. The first kappa shape index (κ1) is 66.8. The van der Waals surface area contributed by atoms with Crippen LogP contribution in [0.1, 0.15) is 236 Å². The molecule has 0 nitrogen and oxygen atoms in total. The monoisotopic (exact) mass is 1260 g/mol. The number of rotatable bonds is 8. The molecule has 492 valence electrons. The van der Waals surface area contributed by atoms with Crippen LogP contribution in [0.4, 0.5) is 0 Å². The van der Waals surface area contributed by atoms with Crippen molar-refractivity contribution >= 4 is 129 Å². The van der Waals surface area contributed by atoms with E-state index in [1.54, 1.807) is 0 Å². The quantitative estimate of drug-likeness (QED) is 0.105. The van der Waals surface area contributed by atoms with E-state index in [1.165, 1.54) is 174 Å². The third kappa shape index (κ3) is 11.2. The summed E-state index contributed by atoms with van der Waals surface area (Å²) < 4.78 is 0. The molecule has 0 heteroatoms. The Hall–Kier alpha value is -7.80. The molecule has 15 aromatic rings. The second-order valence-corrected chi connectivity index (χ2v) is 36.0. The summed E-state index contributed by atoms with van der Waals surface area (Å²) in [5, 5.41) is 33.5. The van der Waals surface area contributed by atoms with Crippen LogP contribution in [0.3, 0.4) is 0 Å². The Morgan fingerprint density at radius 1 is 0.177 bits per heavy atom. The first-order valence-corrected chi connectivity index (χ1v) is 36.5. The molecule has 0 aromatic heterocycles. The van der Waals surface area contributed by atoms with Gasteiger partial charge in [-0.15, -0.1) is 0 Å². The fourth-order valence-corrected chi connectivity index (χ4v) is 15.5. The van der Waals surface area contributed by atoms with Gasteiger partial charge in [-0.1, -0.05) is 287 Å². The first-order valence-electron chi connectivity index (χ1n) is 36.5. The molecule has 0 radical (unpaired) electrons. The van der Waals surface area contributed by atoms with Gasteiger partial charge in [0.2, 0.25) is 0 Å². The van der Waals surface area contributed by atoms with Crippen molar-refractivity contribution in [3.8, 4) is 0 Å². The molecule has 0 unspecified atom stereocenters. The van der Waals surface area contributed by atoms with Crippen molar-refractivity contribution in [2.24, 2.45) is 0 Å².